The lowest BCUT2D eigenvalue weighted by Gasteiger charge is -2.15. The van der Waals surface area contributed by atoms with Gasteiger partial charge in [0.05, 0.1) is 4.90 Å². The summed E-state index contributed by atoms with van der Waals surface area (Å²) in [5.41, 5.74) is 1.80. The second-order valence-corrected chi connectivity index (χ2v) is 6.25. The normalized spacial score (nSPS) is 13.2. The SMILES string of the molecule is COCCC(NS(=O)(=O)c1ccc(C)c(C)c1)C(=O)O. The van der Waals surface area contributed by atoms with Crippen molar-refractivity contribution in [3.05, 3.63) is 29.3 Å². The largest absolute Gasteiger partial charge is 0.480 e. The van der Waals surface area contributed by atoms with E-state index in [4.69, 9.17) is 9.84 Å². The number of aliphatic carboxylic acids is 1. The lowest BCUT2D eigenvalue weighted by Crippen LogP contribution is -2.41. The summed E-state index contributed by atoms with van der Waals surface area (Å²) in [6, 6.07) is 3.46. The van der Waals surface area contributed by atoms with Crippen LogP contribution in [0.25, 0.3) is 0 Å². The Morgan fingerprint density at radius 1 is 1.35 bits per heavy atom. The average molecular weight is 301 g/mol. The Bertz CT molecular complexity index is 582. The van der Waals surface area contributed by atoms with Crippen LogP contribution >= 0.6 is 0 Å². The molecule has 7 heteroatoms. The number of carboxylic acids is 1. The van der Waals surface area contributed by atoms with E-state index >= 15 is 0 Å². The molecule has 0 saturated carbocycles. The van der Waals surface area contributed by atoms with E-state index in [9.17, 15) is 13.2 Å². The van der Waals surface area contributed by atoms with Crippen LogP contribution in [0.5, 0.6) is 0 Å². The quantitative estimate of drug-likeness (QED) is 0.786. The van der Waals surface area contributed by atoms with Crippen molar-refractivity contribution in [1.29, 1.82) is 0 Å². The molecule has 6 nitrogen and oxygen atoms in total. The van der Waals surface area contributed by atoms with Crippen LogP contribution in [0.2, 0.25) is 0 Å². The molecule has 0 heterocycles. The summed E-state index contributed by atoms with van der Waals surface area (Å²) in [6.45, 7) is 3.83. The second kappa shape index (κ2) is 6.83. The molecular weight excluding hydrogens is 282 g/mol. The van der Waals surface area contributed by atoms with Crippen LogP contribution in [0.3, 0.4) is 0 Å². The summed E-state index contributed by atoms with van der Waals surface area (Å²) in [4.78, 5) is 11.1. The van der Waals surface area contributed by atoms with Crippen molar-refractivity contribution in [2.45, 2.75) is 31.2 Å². The zero-order valence-corrected chi connectivity index (χ0v) is 12.5. The standard InChI is InChI=1S/C13H19NO5S/c1-9-4-5-11(8-10(9)2)20(17,18)14-12(13(15)16)6-7-19-3/h4-5,8,12,14H,6-7H2,1-3H3,(H,15,16). The molecule has 1 aromatic carbocycles. The maximum atomic E-state index is 12.2. The Morgan fingerprint density at radius 3 is 2.50 bits per heavy atom. The number of nitrogens with one attached hydrogen (secondary N) is 1. The highest BCUT2D eigenvalue weighted by atomic mass is 32.2. The van der Waals surface area contributed by atoms with Gasteiger partial charge in [0.15, 0.2) is 0 Å². The van der Waals surface area contributed by atoms with E-state index in [1.807, 2.05) is 6.92 Å². The van der Waals surface area contributed by atoms with Crippen molar-refractivity contribution in [1.82, 2.24) is 4.72 Å². The van der Waals surface area contributed by atoms with Gasteiger partial charge >= 0.3 is 5.97 Å². The molecule has 20 heavy (non-hydrogen) atoms. The third kappa shape index (κ3) is 4.29. The molecule has 0 bridgehead atoms. The van der Waals surface area contributed by atoms with Gasteiger partial charge in [-0.1, -0.05) is 6.07 Å². The van der Waals surface area contributed by atoms with E-state index in [-0.39, 0.29) is 17.9 Å². The van der Waals surface area contributed by atoms with Gasteiger partial charge in [-0.15, -0.1) is 0 Å². The van der Waals surface area contributed by atoms with Gasteiger partial charge in [-0.25, -0.2) is 8.42 Å². The third-order valence-corrected chi connectivity index (χ3v) is 4.46. The minimum absolute atomic E-state index is 0.0595. The van der Waals surface area contributed by atoms with Crippen LogP contribution in [-0.4, -0.2) is 39.3 Å². The summed E-state index contributed by atoms with van der Waals surface area (Å²) in [6.07, 6.45) is 0.0654. The summed E-state index contributed by atoms with van der Waals surface area (Å²) >= 11 is 0. The van der Waals surface area contributed by atoms with E-state index in [0.29, 0.717) is 0 Å². The summed E-state index contributed by atoms with van der Waals surface area (Å²) < 4.78 is 31.3. The maximum Gasteiger partial charge on any atom is 0.321 e. The van der Waals surface area contributed by atoms with Crippen molar-refractivity contribution in [2.75, 3.05) is 13.7 Å². The fraction of sp³-hybridized carbons (Fsp3) is 0.462. The zero-order valence-electron chi connectivity index (χ0n) is 11.7. The van der Waals surface area contributed by atoms with Gasteiger partial charge in [0.2, 0.25) is 10.0 Å². The van der Waals surface area contributed by atoms with Crippen molar-refractivity contribution in [3.8, 4) is 0 Å². The first-order valence-corrected chi connectivity index (χ1v) is 7.57. The van der Waals surface area contributed by atoms with Gasteiger partial charge in [0.1, 0.15) is 6.04 Å². The molecule has 1 aromatic rings. The van der Waals surface area contributed by atoms with Crippen LogP contribution in [0, 0.1) is 13.8 Å². The minimum Gasteiger partial charge on any atom is -0.480 e. The van der Waals surface area contributed by atoms with Gasteiger partial charge < -0.3 is 9.84 Å². The van der Waals surface area contributed by atoms with Crippen molar-refractivity contribution < 1.29 is 23.1 Å². The number of hydrogen-bond donors (Lipinski definition) is 2. The molecule has 0 amide bonds. The van der Waals surface area contributed by atoms with E-state index < -0.39 is 22.0 Å². The van der Waals surface area contributed by atoms with Crippen LogP contribution in [-0.2, 0) is 19.6 Å². The number of methoxy groups -OCH3 is 1. The van der Waals surface area contributed by atoms with Crippen LogP contribution in [0.15, 0.2) is 23.1 Å². The van der Waals surface area contributed by atoms with Gasteiger partial charge in [0, 0.05) is 13.7 Å². The lowest BCUT2D eigenvalue weighted by molar-refractivity contribution is -0.139. The zero-order chi connectivity index (χ0) is 15.3. The van der Waals surface area contributed by atoms with Crippen LogP contribution in [0.4, 0.5) is 0 Å². The predicted octanol–water partition coefficient (Wildman–Crippen LogP) is 1.07. The van der Waals surface area contributed by atoms with Crippen LogP contribution < -0.4 is 4.72 Å². The molecule has 112 valence electrons. The molecule has 0 aliphatic rings. The van der Waals surface area contributed by atoms with Gasteiger partial charge in [-0.05, 0) is 43.5 Å². The van der Waals surface area contributed by atoms with Crippen molar-refractivity contribution in [3.63, 3.8) is 0 Å². The fourth-order valence-corrected chi connectivity index (χ4v) is 2.91. The third-order valence-electron chi connectivity index (χ3n) is 2.99. The number of aryl methyl sites for hydroxylation is 2. The molecular formula is C13H19NO5S. The molecule has 0 radical (unpaired) electrons. The topological polar surface area (TPSA) is 92.7 Å². The van der Waals surface area contributed by atoms with Crippen LogP contribution in [0.1, 0.15) is 17.5 Å². The Labute approximate surface area is 118 Å². The van der Waals surface area contributed by atoms with Gasteiger partial charge in [-0.2, -0.15) is 4.72 Å². The monoisotopic (exact) mass is 301 g/mol. The molecule has 1 unspecified atom stereocenters. The molecule has 1 atom stereocenters. The number of hydrogen-bond acceptors (Lipinski definition) is 4. The fourth-order valence-electron chi connectivity index (χ4n) is 1.60. The maximum absolute atomic E-state index is 12.2. The summed E-state index contributed by atoms with van der Waals surface area (Å²) in [5.74, 6) is -1.23. The number of sulfonamides is 1. The molecule has 0 spiro atoms. The Balaban J connectivity index is 2.97. The average Bonchev–Trinajstić information content (AvgIpc) is 2.37. The molecule has 0 fully saturated rings. The molecule has 0 aliphatic carbocycles. The van der Waals surface area contributed by atoms with E-state index in [2.05, 4.69) is 4.72 Å². The van der Waals surface area contributed by atoms with E-state index in [0.717, 1.165) is 11.1 Å². The number of carboxylic acid groups (broad SMARTS) is 1. The minimum atomic E-state index is -3.86. The molecule has 0 aliphatic heterocycles. The number of carbonyl (C=O) groups is 1. The highest BCUT2D eigenvalue weighted by molar-refractivity contribution is 7.89. The Hall–Kier alpha value is -1.44. The number of benzene rings is 1. The number of rotatable bonds is 7. The van der Waals surface area contributed by atoms with E-state index in [1.165, 1.54) is 19.2 Å². The van der Waals surface area contributed by atoms with Gasteiger partial charge in [0.25, 0.3) is 0 Å². The Morgan fingerprint density at radius 2 is 2.00 bits per heavy atom. The molecule has 1 rings (SSSR count). The summed E-state index contributed by atoms with van der Waals surface area (Å²) in [7, 11) is -2.43. The Kier molecular flexibility index (Phi) is 5.67. The first-order valence-electron chi connectivity index (χ1n) is 6.09. The molecule has 0 saturated heterocycles. The summed E-state index contributed by atoms with van der Waals surface area (Å²) in [5, 5.41) is 9.03. The van der Waals surface area contributed by atoms with Gasteiger partial charge in [-0.3, -0.25) is 4.79 Å². The smallest absolute Gasteiger partial charge is 0.321 e. The van der Waals surface area contributed by atoms with E-state index in [1.54, 1.807) is 13.0 Å². The highest BCUT2D eigenvalue weighted by Crippen LogP contribution is 2.15. The first kappa shape index (κ1) is 16.6. The van der Waals surface area contributed by atoms with Crippen molar-refractivity contribution in [2.24, 2.45) is 0 Å². The second-order valence-electron chi connectivity index (χ2n) is 4.54. The first-order chi connectivity index (χ1) is 9.27. The predicted molar refractivity (Wildman–Crippen MR) is 74.2 cm³/mol. The molecule has 0 aromatic heterocycles. The van der Waals surface area contributed by atoms with Crippen molar-refractivity contribution >= 4 is 16.0 Å². The number of ether oxygens (including phenoxy) is 1. The highest BCUT2D eigenvalue weighted by Gasteiger charge is 2.25. The molecule has 2 N–H and O–H groups in total. The lowest BCUT2D eigenvalue weighted by atomic mass is 10.1.